The van der Waals surface area contributed by atoms with Gasteiger partial charge in [0.2, 0.25) is 0 Å². The van der Waals surface area contributed by atoms with E-state index in [1.807, 2.05) is 21.1 Å². The summed E-state index contributed by atoms with van der Waals surface area (Å²) in [6, 6.07) is 0. The molecule has 0 aromatic rings. The summed E-state index contributed by atoms with van der Waals surface area (Å²) in [5, 5.41) is 9.01. The lowest BCUT2D eigenvalue weighted by atomic mass is 9.99. The molecule has 0 amide bonds. The maximum atomic E-state index is 12.0. The number of quaternary nitrogens is 1. The molecule has 178 valence electrons. The van der Waals surface area contributed by atoms with E-state index >= 15 is 0 Å². The molecule has 0 bridgehead atoms. The number of carboxylic acid groups (broad SMARTS) is 1. The quantitative estimate of drug-likeness (QED) is 0.142. The zero-order chi connectivity index (χ0) is 22.8. The second-order valence-corrected chi connectivity index (χ2v) is 10.1. The van der Waals surface area contributed by atoms with Gasteiger partial charge in [0.05, 0.1) is 27.6 Å². The Morgan fingerprint density at radius 3 is 1.73 bits per heavy atom. The Labute approximate surface area is 186 Å². The Balaban J connectivity index is 3.60. The number of rotatable bonds is 20. The molecule has 2 unspecified atom stereocenters. The summed E-state index contributed by atoms with van der Waals surface area (Å²) in [7, 11) is 5.91. The third-order valence-corrected chi connectivity index (χ3v) is 5.73. The Morgan fingerprint density at radius 1 is 0.833 bits per heavy atom. The predicted molar refractivity (Wildman–Crippen MR) is 125 cm³/mol. The van der Waals surface area contributed by atoms with Crippen molar-refractivity contribution in [1.82, 2.24) is 0 Å². The first kappa shape index (κ1) is 28.9. The highest BCUT2D eigenvalue weighted by Gasteiger charge is 2.24. The number of aliphatic carboxylic acids is 1. The molecule has 0 aromatic carbocycles. The van der Waals surface area contributed by atoms with Crippen molar-refractivity contribution in [2.75, 3.05) is 27.7 Å². The van der Waals surface area contributed by atoms with E-state index in [4.69, 9.17) is 9.84 Å². The van der Waals surface area contributed by atoms with Crippen molar-refractivity contribution >= 4 is 11.9 Å². The van der Waals surface area contributed by atoms with Crippen LogP contribution in [0.5, 0.6) is 0 Å². The number of carbonyl (C=O) groups excluding carboxylic acids is 1. The molecule has 0 saturated heterocycles. The van der Waals surface area contributed by atoms with Crippen LogP contribution >= 0.6 is 0 Å². The van der Waals surface area contributed by atoms with Gasteiger partial charge < -0.3 is 14.3 Å². The Morgan fingerprint density at radius 2 is 1.30 bits per heavy atom. The normalized spacial score (nSPS) is 13.8. The molecule has 0 rings (SSSR count). The largest absolute Gasteiger partial charge is 0.481 e. The van der Waals surface area contributed by atoms with Crippen LogP contribution in [0, 0.1) is 5.92 Å². The fourth-order valence-electron chi connectivity index (χ4n) is 3.75. The maximum Gasteiger partial charge on any atom is 0.307 e. The minimum Gasteiger partial charge on any atom is -0.481 e. The summed E-state index contributed by atoms with van der Waals surface area (Å²) in [6.07, 6.45) is 16.2. The number of hydrogen-bond acceptors (Lipinski definition) is 3. The summed E-state index contributed by atoms with van der Waals surface area (Å²) in [5.41, 5.74) is 0. The lowest BCUT2D eigenvalue weighted by Crippen LogP contribution is -2.43. The molecule has 0 fully saturated rings. The molecule has 0 heterocycles. The SMILES string of the molecule is CCC(C)CCCCCCCCCCCCCC(=O)OC(CC(=O)O)C[N+](C)(C)C. The molecule has 5 heteroatoms. The van der Waals surface area contributed by atoms with E-state index in [1.54, 1.807) is 0 Å². The number of nitrogens with zero attached hydrogens (tertiary/aromatic N) is 1. The highest BCUT2D eigenvalue weighted by molar-refractivity contribution is 5.71. The van der Waals surface area contributed by atoms with Gasteiger partial charge >= 0.3 is 11.9 Å². The van der Waals surface area contributed by atoms with Gasteiger partial charge in [0.25, 0.3) is 0 Å². The Kier molecular flexibility index (Phi) is 16.9. The molecule has 0 aliphatic carbocycles. The summed E-state index contributed by atoms with van der Waals surface area (Å²) >= 11 is 0. The second kappa shape index (κ2) is 17.6. The van der Waals surface area contributed by atoms with Crippen LogP contribution in [0.2, 0.25) is 0 Å². The third-order valence-electron chi connectivity index (χ3n) is 5.73. The van der Waals surface area contributed by atoms with Gasteiger partial charge in [0, 0.05) is 6.42 Å². The van der Waals surface area contributed by atoms with Crippen molar-refractivity contribution < 1.29 is 23.9 Å². The van der Waals surface area contributed by atoms with Gasteiger partial charge in [0.15, 0.2) is 6.10 Å². The van der Waals surface area contributed by atoms with E-state index in [0.717, 1.165) is 18.8 Å². The van der Waals surface area contributed by atoms with Crippen molar-refractivity contribution in [2.45, 2.75) is 116 Å². The van der Waals surface area contributed by atoms with Crippen molar-refractivity contribution in [3.63, 3.8) is 0 Å². The van der Waals surface area contributed by atoms with E-state index in [1.165, 1.54) is 70.6 Å². The van der Waals surface area contributed by atoms with Gasteiger partial charge in [0.1, 0.15) is 6.54 Å². The van der Waals surface area contributed by atoms with Crippen molar-refractivity contribution in [3.8, 4) is 0 Å². The minimum atomic E-state index is -0.924. The Hall–Kier alpha value is -1.10. The first-order valence-electron chi connectivity index (χ1n) is 12.4. The molecule has 0 aliphatic rings. The molecule has 0 spiro atoms. The van der Waals surface area contributed by atoms with Gasteiger partial charge in [-0.15, -0.1) is 0 Å². The van der Waals surface area contributed by atoms with Crippen LogP contribution in [0.4, 0.5) is 0 Å². The van der Waals surface area contributed by atoms with Crippen LogP contribution in [-0.2, 0) is 14.3 Å². The average Bonchev–Trinajstić information content (AvgIpc) is 2.63. The molecular formula is C25H50NO4+. The topological polar surface area (TPSA) is 63.6 Å². The maximum absolute atomic E-state index is 12.0. The minimum absolute atomic E-state index is 0.126. The monoisotopic (exact) mass is 428 g/mol. The van der Waals surface area contributed by atoms with Crippen LogP contribution in [0.25, 0.3) is 0 Å². The van der Waals surface area contributed by atoms with E-state index in [2.05, 4.69) is 13.8 Å². The van der Waals surface area contributed by atoms with E-state index < -0.39 is 12.1 Å². The number of carboxylic acids is 1. The van der Waals surface area contributed by atoms with Crippen molar-refractivity contribution in [3.05, 3.63) is 0 Å². The average molecular weight is 429 g/mol. The van der Waals surface area contributed by atoms with Gasteiger partial charge in [-0.25, -0.2) is 0 Å². The first-order chi connectivity index (χ1) is 14.1. The second-order valence-electron chi connectivity index (χ2n) is 10.1. The smallest absolute Gasteiger partial charge is 0.307 e. The molecular weight excluding hydrogens is 378 g/mol. The summed E-state index contributed by atoms with van der Waals surface area (Å²) < 4.78 is 5.99. The molecule has 0 aliphatic heterocycles. The van der Waals surface area contributed by atoms with Gasteiger partial charge in [-0.05, 0) is 12.3 Å². The molecule has 0 radical (unpaired) electrons. The molecule has 30 heavy (non-hydrogen) atoms. The lowest BCUT2D eigenvalue weighted by Gasteiger charge is -2.28. The van der Waals surface area contributed by atoms with Crippen LogP contribution in [0.15, 0.2) is 0 Å². The Bertz CT molecular complexity index is 445. The zero-order valence-corrected chi connectivity index (χ0v) is 20.6. The number of esters is 1. The highest BCUT2D eigenvalue weighted by Crippen LogP contribution is 2.16. The molecule has 2 atom stereocenters. The molecule has 1 N–H and O–H groups in total. The van der Waals surface area contributed by atoms with Crippen LogP contribution in [0.3, 0.4) is 0 Å². The standard InChI is InChI=1S/C25H49NO4/c1-6-22(2)18-16-14-12-10-8-7-9-11-13-15-17-19-25(29)30-23(20-24(27)28)21-26(3,4)5/h22-23H,6-21H2,1-5H3/p+1. The fraction of sp³-hybridized carbons (Fsp3) is 0.920. The van der Waals surface area contributed by atoms with E-state index in [9.17, 15) is 9.59 Å². The third kappa shape index (κ3) is 20.2. The van der Waals surface area contributed by atoms with E-state index in [0.29, 0.717) is 17.4 Å². The van der Waals surface area contributed by atoms with Crippen LogP contribution in [-0.4, -0.2) is 55.3 Å². The fourth-order valence-corrected chi connectivity index (χ4v) is 3.75. The van der Waals surface area contributed by atoms with Crippen LogP contribution < -0.4 is 0 Å². The predicted octanol–water partition coefficient (Wildman–Crippen LogP) is 6.20. The van der Waals surface area contributed by atoms with Gasteiger partial charge in [-0.1, -0.05) is 90.9 Å². The first-order valence-corrected chi connectivity index (χ1v) is 12.4. The molecule has 0 aromatic heterocycles. The summed E-state index contributed by atoms with van der Waals surface area (Å²) in [6.45, 7) is 5.14. The van der Waals surface area contributed by atoms with Crippen LogP contribution in [0.1, 0.15) is 110 Å². The summed E-state index contributed by atoms with van der Waals surface area (Å²) in [5.74, 6) is -0.295. The number of unbranched alkanes of at least 4 members (excludes halogenated alkanes) is 10. The number of likely N-dealkylation sites (N-methyl/N-ethyl adjacent to an activating group) is 1. The van der Waals surface area contributed by atoms with Crippen molar-refractivity contribution in [1.29, 1.82) is 0 Å². The molecule has 0 saturated carbocycles. The zero-order valence-electron chi connectivity index (χ0n) is 20.6. The van der Waals surface area contributed by atoms with Gasteiger partial charge in [-0.3, -0.25) is 9.59 Å². The number of hydrogen-bond donors (Lipinski definition) is 1. The number of ether oxygens (including phenoxy) is 1. The highest BCUT2D eigenvalue weighted by atomic mass is 16.5. The van der Waals surface area contributed by atoms with Crippen molar-refractivity contribution in [2.24, 2.45) is 5.92 Å². The van der Waals surface area contributed by atoms with E-state index in [-0.39, 0.29) is 12.4 Å². The summed E-state index contributed by atoms with van der Waals surface area (Å²) in [4.78, 5) is 23.0. The van der Waals surface area contributed by atoms with Gasteiger partial charge in [-0.2, -0.15) is 0 Å². The lowest BCUT2D eigenvalue weighted by molar-refractivity contribution is -0.873. The number of carbonyl (C=O) groups is 2. The molecule has 5 nitrogen and oxygen atoms in total.